The molecule has 0 unspecified atom stereocenters. The predicted octanol–water partition coefficient (Wildman–Crippen LogP) is 2.92. The predicted molar refractivity (Wildman–Crippen MR) is 71.5 cm³/mol. The van der Waals surface area contributed by atoms with Gasteiger partial charge in [0.2, 0.25) is 0 Å². The van der Waals surface area contributed by atoms with Gasteiger partial charge in [-0.15, -0.1) is 0 Å². The van der Waals surface area contributed by atoms with Crippen LogP contribution in [0, 0.1) is 10.1 Å². The zero-order valence-corrected chi connectivity index (χ0v) is 10.4. The van der Waals surface area contributed by atoms with Gasteiger partial charge in [-0.05, 0) is 5.56 Å². The van der Waals surface area contributed by atoms with E-state index < -0.39 is 11.0 Å². The lowest BCUT2D eigenvalue weighted by Crippen LogP contribution is -2.07. The molecule has 5 nitrogen and oxygen atoms in total. The monoisotopic (exact) mass is 269 g/mol. The van der Waals surface area contributed by atoms with Crippen molar-refractivity contribution in [3.63, 3.8) is 0 Å². The average molecular weight is 269 g/mol. The van der Waals surface area contributed by atoms with Gasteiger partial charge in [-0.25, -0.2) is 0 Å². The van der Waals surface area contributed by atoms with Gasteiger partial charge in [0.25, 0.3) is 5.69 Å². The summed E-state index contributed by atoms with van der Waals surface area (Å²) in [6.45, 7) is 0. The van der Waals surface area contributed by atoms with Crippen molar-refractivity contribution in [1.82, 2.24) is 0 Å². The molecule has 20 heavy (non-hydrogen) atoms. The Morgan fingerprint density at radius 2 is 1.85 bits per heavy atom. The van der Waals surface area contributed by atoms with Crippen LogP contribution in [0.25, 0.3) is 0 Å². The van der Waals surface area contributed by atoms with Gasteiger partial charge in [0.05, 0.1) is 4.92 Å². The largest absolute Gasteiger partial charge is 0.356 e. The third-order valence-electron chi connectivity index (χ3n) is 3.22. The molecule has 1 heterocycles. The average Bonchev–Trinajstić information content (AvgIpc) is 3.28. The quantitative estimate of drug-likeness (QED) is 0.370. The van der Waals surface area contributed by atoms with E-state index in [1.54, 1.807) is 36.4 Å². The molecule has 0 N–H and O–H groups in total. The molecule has 0 saturated carbocycles. The first-order valence-corrected chi connectivity index (χ1v) is 6.16. The Morgan fingerprint density at radius 3 is 2.55 bits per heavy atom. The Morgan fingerprint density at radius 1 is 1.10 bits per heavy atom. The van der Waals surface area contributed by atoms with Crippen LogP contribution in [-0.2, 0) is 4.74 Å². The van der Waals surface area contributed by atoms with Crippen molar-refractivity contribution in [3.05, 3.63) is 75.8 Å². The van der Waals surface area contributed by atoms with Gasteiger partial charge in [-0.2, -0.15) is 0 Å². The molecule has 0 aliphatic carbocycles. The summed E-state index contributed by atoms with van der Waals surface area (Å²) in [6.07, 6.45) is -0.929. The summed E-state index contributed by atoms with van der Waals surface area (Å²) < 4.78 is 5.38. The molecule has 1 aliphatic rings. The number of ketones is 1. The van der Waals surface area contributed by atoms with Crippen molar-refractivity contribution < 1.29 is 14.5 Å². The molecule has 0 bridgehead atoms. The fourth-order valence-corrected chi connectivity index (χ4v) is 2.15. The number of non-ortho nitro benzene ring substituents is 1. The second-order valence-corrected chi connectivity index (χ2v) is 4.56. The van der Waals surface area contributed by atoms with E-state index in [0.717, 1.165) is 0 Å². The first-order chi connectivity index (χ1) is 9.66. The number of Topliss-reactive ketones (excluding diaryl/α,β-unsaturated/α-hetero) is 1. The van der Waals surface area contributed by atoms with Gasteiger partial charge in [0.1, 0.15) is 6.10 Å². The summed E-state index contributed by atoms with van der Waals surface area (Å²) in [5.41, 5.74) is 1.25. The van der Waals surface area contributed by atoms with Crippen molar-refractivity contribution in [3.8, 4) is 0 Å². The highest BCUT2D eigenvalue weighted by molar-refractivity contribution is 6.01. The number of hydrogen-bond acceptors (Lipinski definition) is 4. The van der Waals surface area contributed by atoms with E-state index in [1.165, 1.54) is 12.1 Å². The van der Waals surface area contributed by atoms with E-state index in [-0.39, 0.29) is 17.6 Å². The first kappa shape index (κ1) is 12.5. The Kier molecular flexibility index (Phi) is 3.04. The van der Waals surface area contributed by atoms with Gasteiger partial charge in [-0.1, -0.05) is 42.5 Å². The Labute approximate surface area is 115 Å². The van der Waals surface area contributed by atoms with Crippen LogP contribution in [0.1, 0.15) is 22.0 Å². The smallest absolute Gasteiger partial charge is 0.269 e. The maximum Gasteiger partial charge on any atom is 0.269 e. The molecule has 2 aromatic carbocycles. The van der Waals surface area contributed by atoms with E-state index in [2.05, 4.69) is 0 Å². The molecule has 0 spiro atoms. The maximum atomic E-state index is 12.2. The summed E-state index contributed by atoms with van der Waals surface area (Å²) in [5.74, 6) is -0.0953. The molecule has 2 aromatic rings. The van der Waals surface area contributed by atoms with Gasteiger partial charge >= 0.3 is 0 Å². The molecule has 0 radical (unpaired) electrons. The number of carbonyl (C=O) groups is 1. The lowest BCUT2D eigenvalue weighted by Gasteiger charge is -1.98. The number of carbonyl (C=O) groups excluding carboxylic acids is 1. The van der Waals surface area contributed by atoms with Crippen molar-refractivity contribution in [2.75, 3.05) is 0 Å². The fourth-order valence-electron chi connectivity index (χ4n) is 2.15. The van der Waals surface area contributed by atoms with E-state index in [0.29, 0.717) is 11.1 Å². The van der Waals surface area contributed by atoms with Crippen molar-refractivity contribution in [1.29, 1.82) is 0 Å². The standard InChI is InChI=1S/C15H11NO4/c17-13(10-5-2-1-3-6-10)15-14(20-15)11-7-4-8-12(9-11)16(18)19/h1-9,14-15H/t14-,15+/m0/s1. The number of epoxide rings is 1. The number of rotatable bonds is 4. The molecule has 0 amide bonds. The van der Waals surface area contributed by atoms with E-state index in [1.807, 2.05) is 6.07 Å². The van der Waals surface area contributed by atoms with E-state index in [4.69, 9.17) is 4.74 Å². The van der Waals surface area contributed by atoms with Gasteiger partial charge in [0.15, 0.2) is 11.9 Å². The molecule has 3 rings (SSSR count). The minimum atomic E-state index is -0.542. The highest BCUT2D eigenvalue weighted by Crippen LogP contribution is 2.41. The second-order valence-electron chi connectivity index (χ2n) is 4.56. The van der Waals surface area contributed by atoms with Crippen LogP contribution in [-0.4, -0.2) is 16.8 Å². The number of ether oxygens (including phenoxy) is 1. The summed E-state index contributed by atoms with van der Waals surface area (Å²) >= 11 is 0. The Hall–Kier alpha value is -2.53. The van der Waals surface area contributed by atoms with Gasteiger partial charge < -0.3 is 4.74 Å². The number of nitro groups is 1. The zero-order valence-electron chi connectivity index (χ0n) is 10.4. The summed E-state index contributed by atoms with van der Waals surface area (Å²) in [4.78, 5) is 22.4. The lowest BCUT2D eigenvalue weighted by atomic mass is 10.0. The SMILES string of the molecule is O=C(c1ccccc1)[C@H]1O[C@H]1c1cccc([N+](=O)[O-])c1. The Bertz CT molecular complexity index is 669. The van der Waals surface area contributed by atoms with E-state index in [9.17, 15) is 14.9 Å². The molecule has 1 fully saturated rings. The second kappa shape index (κ2) is 4.86. The highest BCUT2D eigenvalue weighted by atomic mass is 16.6. The fraction of sp³-hybridized carbons (Fsp3) is 0.133. The number of benzene rings is 2. The van der Waals surface area contributed by atoms with Crippen molar-refractivity contribution >= 4 is 11.5 Å². The molecule has 2 atom stereocenters. The normalized spacial score (nSPS) is 20.4. The van der Waals surface area contributed by atoms with Crippen molar-refractivity contribution in [2.24, 2.45) is 0 Å². The van der Waals surface area contributed by atoms with Crippen LogP contribution in [0.15, 0.2) is 54.6 Å². The molecule has 1 saturated heterocycles. The van der Waals surface area contributed by atoms with Gasteiger partial charge in [0, 0.05) is 17.7 Å². The molecule has 1 aliphatic heterocycles. The number of hydrogen-bond donors (Lipinski definition) is 0. The van der Waals surface area contributed by atoms with Crippen LogP contribution in [0.2, 0.25) is 0 Å². The minimum Gasteiger partial charge on any atom is -0.356 e. The summed E-state index contributed by atoms with van der Waals surface area (Å²) in [6, 6.07) is 15.1. The highest BCUT2D eigenvalue weighted by Gasteiger charge is 2.46. The molecular weight excluding hydrogens is 258 g/mol. The maximum absolute atomic E-state index is 12.2. The molecule has 0 aromatic heterocycles. The molecule has 5 heteroatoms. The van der Waals surface area contributed by atoms with Crippen LogP contribution < -0.4 is 0 Å². The van der Waals surface area contributed by atoms with Crippen LogP contribution in [0.4, 0.5) is 5.69 Å². The zero-order chi connectivity index (χ0) is 14.1. The third kappa shape index (κ3) is 2.31. The first-order valence-electron chi connectivity index (χ1n) is 6.16. The third-order valence-corrected chi connectivity index (χ3v) is 3.22. The van der Waals surface area contributed by atoms with Crippen LogP contribution >= 0.6 is 0 Å². The topological polar surface area (TPSA) is 72.7 Å². The van der Waals surface area contributed by atoms with Crippen LogP contribution in [0.3, 0.4) is 0 Å². The Balaban J connectivity index is 1.78. The summed E-state index contributed by atoms with van der Waals surface area (Å²) in [7, 11) is 0. The minimum absolute atomic E-state index is 0.00362. The number of nitro benzene ring substituents is 1. The van der Waals surface area contributed by atoms with Crippen LogP contribution in [0.5, 0.6) is 0 Å². The summed E-state index contributed by atoms with van der Waals surface area (Å²) in [5, 5.41) is 10.7. The lowest BCUT2D eigenvalue weighted by molar-refractivity contribution is -0.384. The number of nitrogens with zero attached hydrogens (tertiary/aromatic N) is 1. The molecule has 100 valence electrons. The molecular formula is C15H11NO4. The van der Waals surface area contributed by atoms with E-state index >= 15 is 0 Å². The van der Waals surface area contributed by atoms with Crippen molar-refractivity contribution in [2.45, 2.75) is 12.2 Å². The van der Waals surface area contributed by atoms with Gasteiger partial charge in [-0.3, -0.25) is 14.9 Å².